The molecule has 1 unspecified atom stereocenters. The first-order valence-electron chi connectivity index (χ1n) is 9.26. The summed E-state index contributed by atoms with van der Waals surface area (Å²) in [5, 5.41) is 3.02. The van der Waals surface area contributed by atoms with Crippen molar-refractivity contribution in [3.63, 3.8) is 0 Å². The summed E-state index contributed by atoms with van der Waals surface area (Å²) < 4.78 is 0. The van der Waals surface area contributed by atoms with E-state index in [4.69, 9.17) is 0 Å². The van der Waals surface area contributed by atoms with Gasteiger partial charge in [0.25, 0.3) is 0 Å². The number of nitrogens with one attached hydrogen (secondary N) is 1. The smallest absolute Gasteiger partial charge is 0.225 e. The van der Waals surface area contributed by atoms with E-state index in [2.05, 4.69) is 22.1 Å². The van der Waals surface area contributed by atoms with Crippen molar-refractivity contribution in [3.8, 4) is 0 Å². The summed E-state index contributed by atoms with van der Waals surface area (Å²) in [5.74, 6) is 1.01. The molecule has 1 aliphatic rings. The molecule has 0 aliphatic carbocycles. The van der Waals surface area contributed by atoms with Gasteiger partial charge >= 0.3 is 0 Å². The number of rotatable bonds is 7. The van der Waals surface area contributed by atoms with Crippen LogP contribution >= 0.6 is 0 Å². The van der Waals surface area contributed by atoms with Gasteiger partial charge in [0.2, 0.25) is 11.8 Å². The molecule has 6 heteroatoms. The van der Waals surface area contributed by atoms with Crippen LogP contribution in [0.5, 0.6) is 0 Å². The number of pyridine rings is 1. The molecular formula is C19H30N4O2. The lowest BCUT2D eigenvalue weighted by atomic mass is 9.96. The maximum Gasteiger partial charge on any atom is 0.225 e. The standard InChI is InChI=1S/C19H30N4O2/c1-4-7-18(24)23-11-6-8-16(14-23)19(25)21-13-15-9-10-20-17(12-15)22(3)5-2/h9-10,12,16H,4-8,11,13-14H2,1-3H3,(H,21,25). The molecule has 0 aromatic carbocycles. The molecule has 1 aliphatic heterocycles. The largest absolute Gasteiger partial charge is 0.360 e. The molecule has 2 heterocycles. The topological polar surface area (TPSA) is 65.5 Å². The first-order valence-corrected chi connectivity index (χ1v) is 9.26. The van der Waals surface area contributed by atoms with Crippen LogP contribution in [0.2, 0.25) is 0 Å². The fourth-order valence-corrected chi connectivity index (χ4v) is 3.06. The van der Waals surface area contributed by atoms with Crippen LogP contribution in [0.25, 0.3) is 0 Å². The second-order valence-corrected chi connectivity index (χ2v) is 6.68. The van der Waals surface area contributed by atoms with Crippen LogP contribution in [-0.2, 0) is 16.1 Å². The fraction of sp³-hybridized carbons (Fsp3) is 0.632. The molecule has 1 atom stereocenters. The molecule has 6 nitrogen and oxygen atoms in total. The summed E-state index contributed by atoms with van der Waals surface area (Å²) >= 11 is 0. The number of amides is 2. The number of piperidine rings is 1. The Bertz CT molecular complexity index is 591. The monoisotopic (exact) mass is 346 g/mol. The summed E-state index contributed by atoms with van der Waals surface area (Å²) in [6.07, 6.45) is 4.94. The fourth-order valence-electron chi connectivity index (χ4n) is 3.06. The Labute approximate surface area is 150 Å². The van der Waals surface area contributed by atoms with Gasteiger partial charge in [-0.15, -0.1) is 0 Å². The second-order valence-electron chi connectivity index (χ2n) is 6.68. The number of hydrogen-bond acceptors (Lipinski definition) is 4. The van der Waals surface area contributed by atoms with Crippen molar-refractivity contribution in [2.75, 3.05) is 31.6 Å². The van der Waals surface area contributed by atoms with Crippen molar-refractivity contribution in [1.29, 1.82) is 0 Å². The van der Waals surface area contributed by atoms with Gasteiger partial charge in [0.05, 0.1) is 5.92 Å². The summed E-state index contributed by atoms with van der Waals surface area (Å²) in [5.41, 5.74) is 1.04. The first kappa shape index (κ1) is 19.2. The normalized spacial score (nSPS) is 17.2. The Morgan fingerprint density at radius 3 is 2.92 bits per heavy atom. The number of aromatic nitrogens is 1. The van der Waals surface area contributed by atoms with E-state index in [9.17, 15) is 9.59 Å². The molecule has 2 rings (SSSR count). The summed E-state index contributed by atoms with van der Waals surface area (Å²) in [6.45, 7) is 6.78. The molecule has 1 aromatic heterocycles. The van der Waals surface area contributed by atoms with Crippen LogP contribution in [0.15, 0.2) is 18.3 Å². The van der Waals surface area contributed by atoms with Crippen molar-refractivity contribution < 1.29 is 9.59 Å². The molecule has 25 heavy (non-hydrogen) atoms. The van der Waals surface area contributed by atoms with E-state index in [1.165, 1.54) is 0 Å². The number of hydrogen-bond donors (Lipinski definition) is 1. The number of anilines is 1. The quantitative estimate of drug-likeness (QED) is 0.822. The first-order chi connectivity index (χ1) is 12.0. The molecular weight excluding hydrogens is 316 g/mol. The second kappa shape index (κ2) is 9.39. The van der Waals surface area contributed by atoms with Crippen molar-refractivity contribution in [2.45, 2.75) is 46.1 Å². The third kappa shape index (κ3) is 5.44. The molecule has 1 aromatic rings. The van der Waals surface area contributed by atoms with Gasteiger partial charge in [0, 0.05) is 45.8 Å². The third-order valence-corrected chi connectivity index (χ3v) is 4.75. The Hall–Kier alpha value is -2.11. The maximum absolute atomic E-state index is 12.5. The van der Waals surface area contributed by atoms with Crippen molar-refractivity contribution in [3.05, 3.63) is 23.9 Å². The molecule has 2 amide bonds. The van der Waals surface area contributed by atoms with E-state index in [0.29, 0.717) is 19.5 Å². The molecule has 0 radical (unpaired) electrons. The molecule has 1 N–H and O–H groups in total. The minimum Gasteiger partial charge on any atom is -0.360 e. The lowest BCUT2D eigenvalue weighted by Crippen LogP contribution is -2.45. The molecule has 0 bridgehead atoms. The maximum atomic E-state index is 12.5. The zero-order chi connectivity index (χ0) is 18.2. The Morgan fingerprint density at radius 2 is 2.20 bits per heavy atom. The van der Waals surface area contributed by atoms with E-state index in [1.807, 2.05) is 31.0 Å². The van der Waals surface area contributed by atoms with Gasteiger partial charge in [0.1, 0.15) is 5.82 Å². The van der Waals surface area contributed by atoms with Gasteiger partial charge in [-0.3, -0.25) is 9.59 Å². The average Bonchev–Trinajstić information content (AvgIpc) is 2.66. The lowest BCUT2D eigenvalue weighted by molar-refractivity contribution is -0.135. The summed E-state index contributed by atoms with van der Waals surface area (Å²) in [6, 6.07) is 3.92. The van der Waals surface area contributed by atoms with E-state index < -0.39 is 0 Å². The van der Waals surface area contributed by atoms with Gasteiger partial charge in [-0.2, -0.15) is 0 Å². The Balaban J connectivity index is 1.88. The highest BCUT2D eigenvalue weighted by molar-refractivity contribution is 5.81. The third-order valence-electron chi connectivity index (χ3n) is 4.75. The zero-order valence-electron chi connectivity index (χ0n) is 15.6. The van der Waals surface area contributed by atoms with E-state index >= 15 is 0 Å². The van der Waals surface area contributed by atoms with E-state index in [0.717, 1.165) is 43.7 Å². The van der Waals surface area contributed by atoms with Gasteiger partial charge in [-0.1, -0.05) is 6.92 Å². The predicted molar refractivity (Wildman–Crippen MR) is 99.2 cm³/mol. The summed E-state index contributed by atoms with van der Waals surface area (Å²) in [4.78, 5) is 32.8. The van der Waals surface area contributed by atoms with Crippen LogP contribution < -0.4 is 10.2 Å². The predicted octanol–water partition coefficient (Wildman–Crippen LogP) is 2.19. The minimum absolute atomic E-state index is 0.0382. The van der Waals surface area contributed by atoms with Crippen LogP contribution in [0.4, 0.5) is 5.82 Å². The minimum atomic E-state index is -0.103. The number of carbonyl (C=O) groups is 2. The highest BCUT2D eigenvalue weighted by Gasteiger charge is 2.27. The molecule has 1 fully saturated rings. The van der Waals surface area contributed by atoms with Crippen LogP contribution in [0.3, 0.4) is 0 Å². The highest BCUT2D eigenvalue weighted by atomic mass is 16.2. The molecule has 138 valence electrons. The number of carbonyl (C=O) groups excluding carboxylic acids is 2. The molecule has 1 saturated heterocycles. The lowest BCUT2D eigenvalue weighted by Gasteiger charge is -2.32. The zero-order valence-corrected chi connectivity index (χ0v) is 15.6. The van der Waals surface area contributed by atoms with Crippen LogP contribution in [0.1, 0.15) is 45.1 Å². The van der Waals surface area contributed by atoms with Gasteiger partial charge in [-0.25, -0.2) is 4.98 Å². The Morgan fingerprint density at radius 1 is 1.40 bits per heavy atom. The number of nitrogens with zero attached hydrogens (tertiary/aromatic N) is 3. The van der Waals surface area contributed by atoms with Crippen molar-refractivity contribution in [1.82, 2.24) is 15.2 Å². The van der Waals surface area contributed by atoms with Crippen molar-refractivity contribution in [2.24, 2.45) is 5.92 Å². The van der Waals surface area contributed by atoms with Crippen LogP contribution in [-0.4, -0.2) is 48.4 Å². The highest BCUT2D eigenvalue weighted by Crippen LogP contribution is 2.18. The Kier molecular flexibility index (Phi) is 7.22. The SMILES string of the molecule is CCCC(=O)N1CCCC(C(=O)NCc2ccnc(N(C)CC)c2)C1. The van der Waals surface area contributed by atoms with Gasteiger partial charge in [-0.05, 0) is 43.9 Å². The molecule has 0 saturated carbocycles. The number of likely N-dealkylation sites (tertiary alicyclic amines) is 1. The van der Waals surface area contributed by atoms with Gasteiger partial charge in [0.15, 0.2) is 0 Å². The van der Waals surface area contributed by atoms with E-state index in [-0.39, 0.29) is 17.7 Å². The van der Waals surface area contributed by atoms with Crippen LogP contribution in [0, 0.1) is 5.92 Å². The molecule has 0 spiro atoms. The average molecular weight is 346 g/mol. The van der Waals surface area contributed by atoms with Crippen molar-refractivity contribution >= 4 is 17.6 Å². The van der Waals surface area contributed by atoms with E-state index in [1.54, 1.807) is 6.20 Å². The summed E-state index contributed by atoms with van der Waals surface area (Å²) in [7, 11) is 1.99. The van der Waals surface area contributed by atoms with Gasteiger partial charge < -0.3 is 15.1 Å².